The molecule has 4 nitrogen and oxygen atoms in total. The van der Waals surface area contributed by atoms with Gasteiger partial charge in [0.05, 0.1) is 31.2 Å². The van der Waals surface area contributed by atoms with E-state index in [2.05, 4.69) is 0 Å². The Labute approximate surface area is 123 Å². The smallest absolute Gasteiger partial charge is 0.254 e. The highest BCUT2D eigenvalue weighted by Crippen LogP contribution is 2.27. The Hall–Kier alpha value is -1.26. The summed E-state index contributed by atoms with van der Waals surface area (Å²) in [6.45, 7) is 3.79. The second kappa shape index (κ2) is 5.62. The third-order valence-corrected chi connectivity index (χ3v) is 4.22. The van der Waals surface area contributed by atoms with Crippen LogP contribution >= 0.6 is 11.6 Å². The highest BCUT2D eigenvalue weighted by molar-refractivity contribution is 6.18. The molecule has 20 heavy (non-hydrogen) atoms. The van der Waals surface area contributed by atoms with Gasteiger partial charge in [0.1, 0.15) is 5.75 Å². The van der Waals surface area contributed by atoms with Crippen LogP contribution in [0.15, 0.2) is 18.2 Å². The van der Waals surface area contributed by atoms with Crippen molar-refractivity contribution >= 4 is 17.5 Å². The molecule has 2 heterocycles. The van der Waals surface area contributed by atoms with Gasteiger partial charge >= 0.3 is 0 Å². The number of amides is 1. The first-order chi connectivity index (χ1) is 9.69. The molecule has 2 aliphatic rings. The Bertz CT molecular complexity index is 520. The van der Waals surface area contributed by atoms with Crippen molar-refractivity contribution < 1.29 is 14.3 Å². The Kier molecular flexibility index (Phi) is 3.85. The second-order valence-electron chi connectivity index (χ2n) is 5.34. The molecule has 3 rings (SSSR count). The van der Waals surface area contributed by atoms with E-state index < -0.39 is 0 Å². The van der Waals surface area contributed by atoms with E-state index in [1.54, 1.807) is 0 Å². The molecule has 0 radical (unpaired) electrons. The molecule has 1 aromatic carbocycles. The summed E-state index contributed by atoms with van der Waals surface area (Å²) in [6.07, 6.45) is 0.800. The number of hydrogen-bond acceptors (Lipinski definition) is 3. The molecule has 1 amide bonds. The predicted octanol–water partition coefficient (Wildman–Crippen LogP) is 2.09. The van der Waals surface area contributed by atoms with E-state index in [9.17, 15) is 4.79 Å². The predicted molar refractivity (Wildman–Crippen MR) is 76.6 cm³/mol. The van der Waals surface area contributed by atoms with Crippen LogP contribution in [-0.2, 0) is 11.2 Å². The molecule has 0 saturated carbocycles. The lowest BCUT2D eigenvalue weighted by Crippen LogP contribution is -2.51. The Morgan fingerprint density at radius 1 is 1.50 bits per heavy atom. The number of benzene rings is 1. The Balaban J connectivity index is 1.80. The lowest BCUT2D eigenvalue weighted by Gasteiger charge is -2.37. The number of hydrogen-bond donors (Lipinski definition) is 0. The van der Waals surface area contributed by atoms with Crippen molar-refractivity contribution in [1.29, 1.82) is 0 Å². The minimum absolute atomic E-state index is 0.0469. The Morgan fingerprint density at radius 2 is 2.35 bits per heavy atom. The third kappa shape index (κ3) is 2.50. The van der Waals surface area contributed by atoms with Gasteiger partial charge in [-0.25, -0.2) is 0 Å². The molecule has 2 atom stereocenters. The van der Waals surface area contributed by atoms with Crippen molar-refractivity contribution in [3.63, 3.8) is 0 Å². The van der Waals surface area contributed by atoms with E-state index in [1.165, 1.54) is 0 Å². The number of nitrogens with zero attached hydrogens (tertiary/aromatic N) is 1. The van der Waals surface area contributed by atoms with E-state index in [4.69, 9.17) is 21.1 Å². The van der Waals surface area contributed by atoms with Crippen molar-refractivity contribution in [3.05, 3.63) is 29.3 Å². The third-order valence-electron chi connectivity index (χ3n) is 3.87. The molecule has 0 N–H and O–H groups in total. The number of fused-ring (bicyclic) bond motifs is 1. The van der Waals surface area contributed by atoms with E-state index in [0.29, 0.717) is 25.6 Å². The first kappa shape index (κ1) is 13.7. The van der Waals surface area contributed by atoms with Crippen LogP contribution in [0.25, 0.3) is 0 Å². The highest BCUT2D eigenvalue weighted by Gasteiger charge is 2.30. The van der Waals surface area contributed by atoms with Crippen LogP contribution in [-0.4, -0.2) is 48.6 Å². The van der Waals surface area contributed by atoms with Gasteiger partial charge in [0.15, 0.2) is 0 Å². The maximum absolute atomic E-state index is 12.7. The Morgan fingerprint density at radius 3 is 3.15 bits per heavy atom. The van der Waals surface area contributed by atoms with Crippen LogP contribution in [0.3, 0.4) is 0 Å². The standard InChI is InChI=1S/C15H18ClNO3/c1-10-9-20-13(7-16)8-17(10)15(18)12-2-3-14-11(6-12)4-5-19-14/h2-3,6,10,13H,4-5,7-9H2,1H3. The van der Waals surface area contributed by atoms with E-state index in [0.717, 1.165) is 23.3 Å². The molecule has 0 spiro atoms. The topological polar surface area (TPSA) is 38.8 Å². The zero-order valence-corrected chi connectivity index (χ0v) is 12.2. The largest absolute Gasteiger partial charge is 0.493 e. The van der Waals surface area contributed by atoms with Gasteiger partial charge in [-0.2, -0.15) is 0 Å². The first-order valence-electron chi connectivity index (χ1n) is 6.93. The minimum atomic E-state index is -0.0745. The van der Waals surface area contributed by atoms with Crippen molar-refractivity contribution in [2.24, 2.45) is 0 Å². The molecule has 2 aliphatic heterocycles. The summed E-state index contributed by atoms with van der Waals surface area (Å²) in [6, 6.07) is 5.75. The van der Waals surface area contributed by atoms with Gasteiger partial charge in [-0.05, 0) is 30.7 Å². The van der Waals surface area contributed by atoms with Gasteiger partial charge in [-0.1, -0.05) is 0 Å². The number of morpholine rings is 1. The molecule has 0 bridgehead atoms. The van der Waals surface area contributed by atoms with Crippen LogP contribution in [0.1, 0.15) is 22.8 Å². The quantitative estimate of drug-likeness (QED) is 0.784. The number of halogens is 1. The molecule has 0 aliphatic carbocycles. The average Bonchev–Trinajstić information content (AvgIpc) is 2.94. The molecule has 2 unspecified atom stereocenters. The fourth-order valence-electron chi connectivity index (χ4n) is 2.68. The van der Waals surface area contributed by atoms with Crippen LogP contribution < -0.4 is 4.74 Å². The van der Waals surface area contributed by atoms with Crippen LogP contribution in [0.5, 0.6) is 5.75 Å². The summed E-state index contributed by atoms with van der Waals surface area (Å²) in [5.74, 6) is 1.36. The van der Waals surface area contributed by atoms with E-state index in [1.807, 2.05) is 30.0 Å². The molecule has 1 saturated heterocycles. The summed E-state index contributed by atoms with van der Waals surface area (Å²) in [4.78, 5) is 14.5. The van der Waals surface area contributed by atoms with Gasteiger partial charge in [-0.3, -0.25) is 4.79 Å². The van der Waals surface area contributed by atoms with Gasteiger partial charge in [0.2, 0.25) is 0 Å². The van der Waals surface area contributed by atoms with Crippen LogP contribution in [0.2, 0.25) is 0 Å². The van der Waals surface area contributed by atoms with Crippen molar-refractivity contribution in [1.82, 2.24) is 4.90 Å². The van der Waals surface area contributed by atoms with Crippen LogP contribution in [0.4, 0.5) is 0 Å². The summed E-state index contributed by atoms with van der Waals surface area (Å²) < 4.78 is 11.1. The second-order valence-corrected chi connectivity index (χ2v) is 5.65. The number of alkyl halides is 1. The van der Waals surface area contributed by atoms with Crippen molar-refractivity contribution in [2.45, 2.75) is 25.5 Å². The summed E-state index contributed by atoms with van der Waals surface area (Å²) in [5, 5.41) is 0. The molecule has 1 aromatic rings. The zero-order chi connectivity index (χ0) is 14.1. The SMILES string of the molecule is CC1COC(CCl)CN1C(=O)c1ccc2c(c1)CCO2. The lowest BCUT2D eigenvalue weighted by atomic mass is 10.1. The van der Waals surface area contributed by atoms with Crippen molar-refractivity contribution in [2.75, 3.05) is 25.6 Å². The first-order valence-corrected chi connectivity index (χ1v) is 7.46. The maximum atomic E-state index is 12.7. The summed E-state index contributed by atoms with van der Waals surface area (Å²) in [7, 11) is 0. The van der Waals surface area contributed by atoms with Crippen molar-refractivity contribution in [3.8, 4) is 5.75 Å². The molecule has 5 heteroatoms. The zero-order valence-electron chi connectivity index (χ0n) is 11.5. The van der Waals surface area contributed by atoms with Gasteiger partial charge in [-0.15, -0.1) is 11.6 Å². The van der Waals surface area contributed by atoms with Gasteiger partial charge in [0, 0.05) is 18.5 Å². The average molecular weight is 296 g/mol. The summed E-state index contributed by atoms with van der Waals surface area (Å²) >= 11 is 5.84. The van der Waals surface area contributed by atoms with Gasteiger partial charge < -0.3 is 14.4 Å². The minimum Gasteiger partial charge on any atom is -0.493 e. The van der Waals surface area contributed by atoms with E-state index >= 15 is 0 Å². The molecule has 0 aromatic heterocycles. The number of rotatable bonds is 2. The molecular formula is C15H18ClNO3. The lowest BCUT2D eigenvalue weighted by molar-refractivity contribution is -0.0371. The fraction of sp³-hybridized carbons (Fsp3) is 0.533. The highest BCUT2D eigenvalue weighted by atomic mass is 35.5. The normalized spacial score (nSPS) is 25.2. The number of carbonyl (C=O) groups excluding carboxylic acids is 1. The maximum Gasteiger partial charge on any atom is 0.254 e. The number of ether oxygens (including phenoxy) is 2. The number of carbonyl (C=O) groups is 1. The van der Waals surface area contributed by atoms with Crippen LogP contribution in [0, 0.1) is 0 Å². The van der Waals surface area contributed by atoms with E-state index in [-0.39, 0.29) is 18.1 Å². The molecular weight excluding hydrogens is 278 g/mol. The monoisotopic (exact) mass is 295 g/mol. The fourth-order valence-corrected chi connectivity index (χ4v) is 2.87. The van der Waals surface area contributed by atoms with Gasteiger partial charge in [0.25, 0.3) is 5.91 Å². The molecule has 1 fully saturated rings. The molecule has 108 valence electrons. The summed E-state index contributed by atoms with van der Waals surface area (Å²) in [5.41, 5.74) is 1.84.